The van der Waals surface area contributed by atoms with Crippen molar-refractivity contribution >= 4 is 34.1 Å². The maximum absolute atomic E-state index is 12.9. The summed E-state index contributed by atoms with van der Waals surface area (Å²) in [5, 5.41) is 4.42. The minimum Gasteiger partial charge on any atom is -0.444 e. The summed E-state index contributed by atoms with van der Waals surface area (Å²) in [5.74, 6) is 2.43. The molecule has 4 rings (SSSR count). The van der Waals surface area contributed by atoms with Crippen molar-refractivity contribution in [1.29, 1.82) is 0 Å². The lowest BCUT2D eigenvalue weighted by Gasteiger charge is -2.33. The minimum absolute atomic E-state index is 0.0355. The van der Waals surface area contributed by atoms with Crippen LogP contribution in [-0.2, 0) is 11.2 Å². The number of carbonyl (C=O) groups is 1. The van der Waals surface area contributed by atoms with Gasteiger partial charge in [-0.2, -0.15) is 0 Å². The zero-order valence-electron chi connectivity index (χ0n) is 19.1. The molecule has 0 bridgehead atoms. The molecular formula is C24H30N4O2S2. The molecule has 6 nitrogen and oxygen atoms in total. The van der Waals surface area contributed by atoms with Gasteiger partial charge in [0.2, 0.25) is 5.89 Å². The van der Waals surface area contributed by atoms with Gasteiger partial charge in [-0.15, -0.1) is 11.8 Å². The molecule has 1 aromatic carbocycles. The zero-order chi connectivity index (χ0) is 22.7. The van der Waals surface area contributed by atoms with E-state index in [1.54, 1.807) is 23.1 Å². The predicted octanol–water partition coefficient (Wildman–Crippen LogP) is 5.75. The third-order valence-electron chi connectivity index (χ3n) is 5.45. The Labute approximate surface area is 197 Å². The molecule has 8 heteroatoms. The Balaban J connectivity index is 1.30. The van der Waals surface area contributed by atoms with Crippen LogP contribution < -0.4 is 5.32 Å². The summed E-state index contributed by atoms with van der Waals surface area (Å²) < 4.78 is 6.99. The molecule has 2 aromatic heterocycles. The van der Waals surface area contributed by atoms with Crippen LogP contribution in [0.25, 0.3) is 0 Å². The van der Waals surface area contributed by atoms with Crippen molar-refractivity contribution in [1.82, 2.24) is 14.9 Å². The van der Waals surface area contributed by atoms with Gasteiger partial charge in [0.05, 0.1) is 22.4 Å². The Hall–Kier alpha value is -2.32. The fourth-order valence-electron chi connectivity index (χ4n) is 3.58. The van der Waals surface area contributed by atoms with E-state index in [0.29, 0.717) is 12.3 Å². The van der Waals surface area contributed by atoms with Crippen LogP contribution >= 0.6 is 23.1 Å². The monoisotopic (exact) mass is 470 g/mol. The normalized spacial score (nSPS) is 16.9. The van der Waals surface area contributed by atoms with Crippen molar-refractivity contribution in [2.24, 2.45) is 0 Å². The van der Waals surface area contributed by atoms with Crippen LogP contribution in [0.2, 0.25) is 0 Å². The number of thiazole rings is 1. The highest BCUT2D eigenvalue weighted by atomic mass is 32.2. The molecule has 1 aliphatic heterocycles. The van der Waals surface area contributed by atoms with Crippen molar-refractivity contribution in [2.45, 2.75) is 62.0 Å². The van der Waals surface area contributed by atoms with Crippen molar-refractivity contribution in [3.63, 3.8) is 0 Å². The molecule has 3 heterocycles. The van der Waals surface area contributed by atoms with Gasteiger partial charge >= 0.3 is 0 Å². The van der Waals surface area contributed by atoms with Crippen molar-refractivity contribution in [2.75, 3.05) is 18.4 Å². The number of aromatic nitrogens is 2. The van der Waals surface area contributed by atoms with Crippen molar-refractivity contribution in [3.8, 4) is 0 Å². The highest BCUT2D eigenvalue weighted by molar-refractivity contribution is 8.00. The molecule has 1 N–H and O–H groups in total. The third-order valence-corrected chi connectivity index (χ3v) is 7.56. The quantitative estimate of drug-likeness (QED) is 0.463. The SMILES string of the molecule is Cc1ccc(C(=O)N2CCCC(Nc3ncc(SCc4ncc(C(C)(C)C)o4)s3)C2)cc1. The number of thioether (sulfide) groups is 1. The topological polar surface area (TPSA) is 71.3 Å². The number of anilines is 1. The number of nitrogens with one attached hydrogen (secondary N) is 1. The molecule has 1 saturated heterocycles. The highest BCUT2D eigenvalue weighted by Crippen LogP contribution is 2.32. The first-order chi connectivity index (χ1) is 15.3. The molecule has 3 aromatic rings. The van der Waals surface area contributed by atoms with Crippen LogP contribution in [0, 0.1) is 6.92 Å². The van der Waals surface area contributed by atoms with E-state index in [0.717, 1.165) is 51.5 Å². The van der Waals surface area contributed by atoms with E-state index in [2.05, 4.69) is 36.1 Å². The molecule has 1 fully saturated rings. The summed E-state index contributed by atoms with van der Waals surface area (Å²) in [7, 11) is 0. The summed E-state index contributed by atoms with van der Waals surface area (Å²) in [4.78, 5) is 23.7. The molecule has 0 radical (unpaired) electrons. The minimum atomic E-state index is -0.0355. The van der Waals surface area contributed by atoms with Gasteiger partial charge in [-0.3, -0.25) is 4.79 Å². The van der Waals surface area contributed by atoms with Gasteiger partial charge in [-0.05, 0) is 31.9 Å². The molecule has 1 unspecified atom stereocenters. The van der Waals surface area contributed by atoms with E-state index in [-0.39, 0.29) is 17.4 Å². The smallest absolute Gasteiger partial charge is 0.253 e. The largest absolute Gasteiger partial charge is 0.444 e. The summed E-state index contributed by atoms with van der Waals surface area (Å²) in [6, 6.07) is 8.02. The number of oxazole rings is 1. The molecule has 1 aliphatic rings. The number of amides is 1. The summed E-state index contributed by atoms with van der Waals surface area (Å²) >= 11 is 3.31. The number of rotatable bonds is 6. The fourth-order valence-corrected chi connectivity index (χ4v) is 5.38. The van der Waals surface area contributed by atoms with E-state index in [4.69, 9.17) is 4.42 Å². The molecule has 170 valence electrons. The number of piperidine rings is 1. The van der Waals surface area contributed by atoms with Crippen molar-refractivity contribution < 1.29 is 9.21 Å². The number of hydrogen-bond acceptors (Lipinski definition) is 7. The van der Waals surface area contributed by atoms with Gasteiger partial charge in [0, 0.05) is 30.1 Å². The maximum Gasteiger partial charge on any atom is 0.253 e. The molecule has 0 spiro atoms. The van der Waals surface area contributed by atoms with Crippen LogP contribution in [0.15, 0.2) is 45.3 Å². The van der Waals surface area contributed by atoms with E-state index < -0.39 is 0 Å². The van der Waals surface area contributed by atoms with Crippen molar-refractivity contribution in [3.05, 3.63) is 59.4 Å². The Bertz CT molecular complexity index is 1050. The lowest BCUT2D eigenvalue weighted by atomic mass is 9.94. The number of aryl methyl sites for hydroxylation is 1. The second-order valence-electron chi connectivity index (χ2n) is 9.24. The standard InChI is InChI=1S/C24H30N4O2S2/c1-16-7-9-17(10-8-16)22(29)28-11-5-6-18(14-28)27-23-26-13-21(32-23)31-15-20-25-12-19(30-20)24(2,3)4/h7-10,12-13,18H,5-6,11,14-15H2,1-4H3,(H,26,27). The van der Waals surface area contributed by atoms with Gasteiger partial charge in [0.25, 0.3) is 5.91 Å². The van der Waals surface area contributed by atoms with E-state index in [1.807, 2.05) is 48.5 Å². The first kappa shape index (κ1) is 22.9. The number of benzene rings is 1. The van der Waals surface area contributed by atoms with Crippen LogP contribution in [-0.4, -0.2) is 39.9 Å². The van der Waals surface area contributed by atoms with Gasteiger partial charge in [-0.25, -0.2) is 9.97 Å². The maximum atomic E-state index is 12.9. The average Bonchev–Trinajstić information content (AvgIpc) is 3.42. The van der Waals surface area contributed by atoms with Crippen LogP contribution in [0.4, 0.5) is 5.13 Å². The van der Waals surface area contributed by atoms with E-state index in [9.17, 15) is 4.79 Å². The summed E-state index contributed by atoms with van der Waals surface area (Å²) in [6.45, 7) is 9.88. The Morgan fingerprint density at radius 1 is 1.25 bits per heavy atom. The Morgan fingerprint density at radius 3 is 2.75 bits per heavy atom. The molecule has 1 amide bonds. The van der Waals surface area contributed by atoms with E-state index in [1.165, 1.54) is 0 Å². The van der Waals surface area contributed by atoms with Crippen LogP contribution in [0.5, 0.6) is 0 Å². The Morgan fingerprint density at radius 2 is 2.03 bits per heavy atom. The molecule has 0 aliphatic carbocycles. The molecule has 1 atom stereocenters. The van der Waals surface area contributed by atoms with Crippen LogP contribution in [0.3, 0.4) is 0 Å². The zero-order valence-corrected chi connectivity index (χ0v) is 20.7. The molecule has 0 saturated carbocycles. The molecule has 32 heavy (non-hydrogen) atoms. The lowest BCUT2D eigenvalue weighted by Crippen LogP contribution is -2.45. The third kappa shape index (κ3) is 5.72. The number of likely N-dealkylation sites (tertiary alicyclic amines) is 1. The van der Waals surface area contributed by atoms with Gasteiger partial charge in [0.15, 0.2) is 5.13 Å². The summed E-state index contributed by atoms with van der Waals surface area (Å²) in [6.07, 6.45) is 5.74. The average molecular weight is 471 g/mol. The van der Waals surface area contributed by atoms with E-state index >= 15 is 0 Å². The number of nitrogens with zero attached hydrogens (tertiary/aromatic N) is 3. The predicted molar refractivity (Wildman–Crippen MR) is 131 cm³/mol. The number of carbonyl (C=O) groups excluding carboxylic acids is 1. The summed E-state index contributed by atoms with van der Waals surface area (Å²) in [5.41, 5.74) is 1.88. The molecular weight excluding hydrogens is 440 g/mol. The highest BCUT2D eigenvalue weighted by Gasteiger charge is 2.25. The first-order valence-electron chi connectivity index (χ1n) is 10.9. The first-order valence-corrected chi connectivity index (χ1v) is 12.7. The van der Waals surface area contributed by atoms with Gasteiger partial charge in [0.1, 0.15) is 5.76 Å². The second-order valence-corrected chi connectivity index (χ2v) is 11.5. The number of hydrogen-bond donors (Lipinski definition) is 1. The second kappa shape index (κ2) is 9.67. The van der Waals surface area contributed by atoms with Gasteiger partial charge in [-0.1, -0.05) is 49.8 Å². The van der Waals surface area contributed by atoms with Crippen LogP contribution in [0.1, 0.15) is 61.2 Å². The lowest BCUT2D eigenvalue weighted by molar-refractivity contribution is 0.0715. The Kier molecular flexibility index (Phi) is 6.90. The fraction of sp³-hybridized carbons (Fsp3) is 0.458. The van der Waals surface area contributed by atoms with Gasteiger partial charge < -0.3 is 14.6 Å².